The molecule has 3 rings (SSSR count). The summed E-state index contributed by atoms with van der Waals surface area (Å²) in [7, 11) is -4.27. The van der Waals surface area contributed by atoms with Gasteiger partial charge in [-0.15, -0.1) is 11.3 Å². The monoisotopic (exact) mass is 411 g/mol. The average Bonchev–Trinajstić information content (AvgIpc) is 3.08. The van der Waals surface area contributed by atoms with Crippen LogP contribution in [0.4, 0.5) is 18.3 Å². The van der Waals surface area contributed by atoms with Crippen molar-refractivity contribution < 1.29 is 21.6 Å². The number of piperazine rings is 1. The van der Waals surface area contributed by atoms with Crippen molar-refractivity contribution in [1.82, 2.24) is 9.29 Å². The van der Waals surface area contributed by atoms with E-state index >= 15 is 0 Å². The van der Waals surface area contributed by atoms with Gasteiger partial charge in [-0.3, -0.25) is 0 Å². The van der Waals surface area contributed by atoms with Crippen molar-refractivity contribution in [3.63, 3.8) is 0 Å². The molecule has 0 amide bonds. The molecule has 0 N–H and O–H groups in total. The van der Waals surface area contributed by atoms with E-state index in [0.717, 1.165) is 21.6 Å². The molecule has 1 aromatic carbocycles. The first-order valence-corrected chi connectivity index (χ1v) is 9.91. The fourth-order valence-electron chi connectivity index (χ4n) is 2.58. The van der Waals surface area contributed by atoms with Gasteiger partial charge >= 0.3 is 6.18 Å². The van der Waals surface area contributed by atoms with E-state index in [1.807, 2.05) is 10.3 Å². The number of hydrogen-bond acceptors (Lipinski definition) is 5. The van der Waals surface area contributed by atoms with Crippen LogP contribution in [0.15, 0.2) is 34.7 Å². The van der Waals surface area contributed by atoms with Crippen LogP contribution in [0.1, 0.15) is 5.56 Å². The number of sulfonamides is 1. The molecule has 0 spiro atoms. The molecule has 2 heterocycles. The largest absolute Gasteiger partial charge is 0.417 e. The van der Waals surface area contributed by atoms with Crippen molar-refractivity contribution in [3.05, 3.63) is 40.4 Å². The van der Waals surface area contributed by atoms with Crippen molar-refractivity contribution >= 4 is 38.1 Å². The first-order chi connectivity index (χ1) is 11.7. The van der Waals surface area contributed by atoms with Crippen LogP contribution in [-0.2, 0) is 16.2 Å². The number of nitrogens with zero attached hydrogens (tertiary/aromatic N) is 3. The maximum absolute atomic E-state index is 13.2. The molecule has 0 bridgehead atoms. The van der Waals surface area contributed by atoms with E-state index < -0.39 is 26.7 Å². The molecule has 1 aliphatic rings. The first-order valence-electron chi connectivity index (χ1n) is 7.21. The Labute approximate surface area is 151 Å². The molecule has 0 saturated carbocycles. The van der Waals surface area contributed by atoms with E-state index in [-0.39, 0.29) is 18.1 Å². The lowest BCUT2D eigenvalue weighted by atomic mass is 10.2. The summed E-state index contributed by atoms with van der Waals surface area (Å²) in [6.07, 6.45) is -3.16. The Kier molecular flexibility index (Phi) is 4.97. The summed E-state index contributed by atoms with van der Waals surface area (Å²) >= 11 is 7.04. The third-order valence-corrected chi connectivity index (χ3v) is 6.82. The van der Waals surface area contributed by atoms with Gasteiger partial charge in [-0.25, -0.2) is 13.4 Å². The standard InChI is InChI=1S/C14H13ClF3N3O2S2/c15-10-1-2-12(11(9-10)14(16,17)18)25(22,23)21-6-4-20(5-7-21)13-19-3-8-24-13/h1-3,8-9H,4-7H2. The minimum Gasteiger partial charge on any atom is -0.345 e. The highest BCUT2D eigenvalue weighted by atomic mass is 35.5. The van der Waals surface area contributed by atoms with Gasteiger partial charge in [-0.2, -0.15) is 17.5 Å². The summed E-state index contributed by atoms with van der Waals surface area (Å²) in [6.45, 7) is 0.896. The van der Waals surface area contributed by atoms with Crippen molar-refractivity contribution in [2.45, 2.75) is 11.1 Å². The van der Waals surface area contributed by atoms with Gasteiger partial charge in [-0.1, -0.05) is 11.6 Å². The summed E-state index contributed by atoms with van der Waals surface area (Å²) in [5.41, 5.74) is -1.25. The van der Waals surface area contributed by atoms with Crippen LogP contribution in [0, 0.1) is 0 Å². The zero-order valence-electron chi connectivity index (χ0n) is 12.7. The fourth-order valence-corrected chi connectivity index (χ4v) is 5.06. The number of hydrogen-bond donors (Lipinski definition) is 0. The Bertz CT molecular complexity index is 849. The predicted molar refractivity (Wildman–Crippen MR) is 89.5 cm³/mol. The van der Waals surface area contributed by atoms with Crippen LogP contribution in [0.2, 0.25) is 5.02 Å². The van der Waals surface area contributed by atoms with E-state index in [0.29, 0.717) is 19.2 Å². The zero-order valence-corrected chi connectivity index (χ0v) is 15.1. The highest BCUT2D eigenvalue weighted by Gasteiger charge is 2.40. The van der Waals surface area contributed by atoms with Gasteiger partial charge in [0, 0.05) is 42.8 Å². The van der Waals surface area contributed by atoms with Crippen LogP contribution in [0.25, 0.3) is 0 Å². The van der Waals surface area contributed by atoms with Crippen molar-refractivity contribution in [3.8, 4) is 0 Å². The molecule has 25 heavy (non-hydrogen) atoms. The van der Waals surface area contributed by atoms with Crippen LogP contribution in [0.3, 0.4) is 0 Å². The van der Waals surface area contributed by atoms with Gasteiger partial charge in [0.25, 0.3) is 0 Å². The lowest BCUT2D eigenvalue weighted by molar-refractivity contribution is -0.139. The second kappa shape index (κ2) is 6.75. The Hall–Kier alpha value is -1.36. The number of alkyl halides is 3. The number of halogens is 4. The number of thiazole rings is 1. The fraction of sp³-hybridized carbons (Fsp3) is 0.357. The third kappa shape index (κ3) is 3.76. The highest BCUT2D eigenvalue weighted by Crippen LogP contribution is 2.37. The number of rotatable bonds is 3. The van der Waals surface area contributed by atoms with E-state index in [1.54, 1.807) is 6.20 Å². The van der Waals surface area contributed by atoms with Gasteiger partial charge in [0.1, 0.15) is 0 Å². The van der Waals surface area contributed by atoms with Crippen LogP contribution >= 0.6 is 22.9 Å². The summed E-state index contributed by atoms with van der Waals surface area (Å²) in [4.78, 5) is 5.29. The molecule has 0 unspecified atom stereocenters. The molecule has 1 aliphatic heterocycles. The van der Waals surface area contributed by atoms with Gasteiger partial charge in [0.2, 0.25) is 10.0 Å². The summed E-state index contributed by atoms with van der Waals surface area (Å²) < 4.78 is 66.1. The van der Waals surface area contributed by atoms with E-state index in [2.05, 4.69) is 4.98 Å². The summed E-state index contributed by atoms with van der Waals surface area (Å²) in [6, 6.07) is 2.70. The molecule has 2 aromatic rings. The van der Waals surface area contributed by atoms with Gasteiger partial charge in [0.05, 0.1) is 10.5 Å². The molecule has 1 saturated heterocycles. The molecule has 136 valence electrons. The zero-order chi connectivity index (χ0) is 18.2. The number of benzene rings is 1. The number of aromatic nitrogens is 1. The van der Waals surface area contributed by atoms with E-state index in [4.69, 9.17) is 11.6 Å². The van der Waals surface area contributed by atoms with Gasteiger partial charge in [0.15, 0.2) is 5.13 Å². The lowest BCUT2D eigenvalue weighted by Gasteiger charge is -2.34. The smallest absolute Gasteiger partial charge is 0.345 e. The summed E-state index contributed by atoms with van der Waals surface area (Å²) in [5, 5.41) is 2.40. The summed E-state index contributed by atoms with van der Waals surface area (Å²) in [5.74, 6) is 0. The maximum Gasteiger partial charge on any atom is 0.417 e. The highest BCUT2D eigenvalue weighted by molar-refractivity contribution is 7.89. The quantitative estimate of drug-likeness (QED) is 0.777. The van der Waals surface area contributed by atoms with Gasteiger partial charge < -0.3 is 4.90 Å². The van der Waals surface area contributed by atoms with E-state index in [1.165, 1.54) is 11.3 Å². The van der Waals surface area contributed by atoms with Crippen LogP contribution < -0.4 is 4.90 Å². The second-order valence-electron chi connectivity index (χ2n) is 5.34. The second-order valence-corrected chi connectivity index (χ2v) is 8.56. The maximum atomic E-state index is 13.2. The predicted octanol–water partition coefficient (Wildman–Crippen LogP) is 3.33. The lowest BCUT2D eigenvalue weighted by Crippen LogP contribution is -2.48. The van der Waals surface area contributed by atoms with Crippen molar-refractivity contribution in [1.29, 1.82) is 0 Å². The average molecular weight is 412 g/mol. The topological polar surface area (TPSA) is 53.5 Å². The van der Waals surface area contributed by atoms with Crippen LogP contribution in [0.5, 0.6) is 0 Å². The Morgan fingerprint density at radius 2 is 1.84 bits per heavy atom. The van der Waals surface area contributed by atoms with E-state index in [9.17, 15) is 21.6 Å². The van der Waals surface area contributed by atoms with Crippen molar-refractivity contribution in [2.24, 2.45) is 0 Å². The molecule has 0 atom stereocenters. The minimum absolute atomic E-state index is 0.0852. The molecular weight excluding hydrogens is 399 g/mol. The molecular formula is C14H13ClF3N3O2S2. The molecule has 1 aromatic heterocycles. The van der Waals surface area contributed by atoms with Crippen molar-refractivity contribution in [2.75, 3.05) is 31.1 Å². The minimum atomic E-state index is -4.81. The third-order valence-electron chi connectivity index (χ3n) is 3.79. The van der Waals surface area contributed by atoms with Gasteiger partial charge in [-0.05, 0) is 18.2 Å². The SMILES string of the molecule is O=S(=O)(c1ccc(Cl)cc1C(F)(F)F)N1CCN(c2nccs2)CC1. The Morgan fingerprint density at radius 1 is 1.16 bits per heavy atom. The Balaban J connectivity index is 1.86. The number of anilines is 1. The van der Waals surface area contributed by atoms with Crippen LogP contribution in [-0.4, -0.2) is 43.9 Å². The normalized spacial score (nSPS) is 17.0. The molecule has 0 radical (unpaired) electrons. The molecule has 1 fully saturated rings. The molecule has 11 heteroatoms. The first kappa shape index (κ1) is 18.4. The molecule has 0 aliphatic carbocycles. The molecule has 5 nitrogen and oxygen atoms in total. The Morgan fingerprint density at radius 3 is 2.40 bits per heavy atom.